The van der Waals surface area contributed by atoms with E-state index < -0.39 is 0 Å². The predicted molar refractivity (Wildman–Crippen MR) is 86.2 cm³/mol. The lowest BCUT2D eigenvalue weighted by Crippen LogP contribution is -2.50. The van der Waals surface area contributed by atoms with E-state index in [1.165, 1.54) is 0 Å². The Bertz CT molecular complexity index is 515. The molecule has 1 atom stereocenters. The number of methoxy groups -OCH3 is 2. The summed E-state index contributed by atoms with van der Waals surface area (Å²) in [5, 5.41) is 3.23. The van der Waals surface area contributed by atoms with E-state index in [0.29, 0.717) is 30.5 Å². The second kappa shape index (κ2) is 7.49. The van der Waals surface area contributed by atoms with Gasteiger partial charge in [0.25, 0.3) is 0 Å². The Hall–Kier alpha value is -1.75. The summed E-state index contributed by atoms with van der Waals surface area (Å²) in [6.07, 6.45) is 0. The monoisotopic (exact) mass is 306 g/mol. The van der Waals surface area contributed by atoms with Gasteiger partial charge in [-0.3, -0.25) is 4.79 Å². The molecule has 0 bridgehead atoms. The molecule has 0 aromatic heterocycles. The number of hydrogen-bond donors (Lipinski definition) is 1. The number of carbonyl (C=O) groups is 1. The minimum absolute atomic E-state index is 0.0707. The molecule has 0 radical (unpaired) electrons. The number of amides is 1. The van der Waals surface area contributed by atoms with Crippen LogP contribution in [0.3, 0.4) is 0 Å². The lowest BCUT2D eigenvalue weighted by Gasteiger charge is -2.34. The van der Waals surface area contributed by atoms with E-state index >= 15 is 0 Å². The van der Waals surface area contributed by atoms with Crippen LogP contribution in [0.4, 0.5) is 0 Å². The van der Waals surface area contributed by atoms with Crippen LogP contribution in [-0.2, 0) is 11.3 Å². The van der Waals surface area contributed by atoms with Crippen molar-refractivity contribution in [1.82, 2.24) is 10.2 Å². The molecule has 5 heteroatoms. The molecule has 0 spiro atoms. The fraction of sp³-hybridized carbons (Fsp3) is 0.588. The van der Waals surface area contributed by atoms with Crippen LogP contribution in [0.2, 0.25) is 0 Å². The van der Waals surface area contributed by atoms with Crippen molar-refractivity contribution in [2.45, 2.75) is 20.4 Å². The summed E-state index contributed by atoms with van der Waals surface area (Å²) in [7, 11) is 3.24. The average Bonchev–Trinajstić information content (AvgIpc) is 2.49. The maximum atomic E-state index is 12.6. The third-order valence-electron chi connectivity index (χ3n) is 4.42. The molecule has 1 aromatic carbocycles. The molecule has 2 rings (SSSR count). The molecule has 22 heavy (non-hydrogen) atoms. The van der Waals surface area contributed by atoms with E-state index in [1.54, 1.807) is 14.2 Å². The third kappa shape index (κ3) is 3.53. The van der Waals surface area contributed by atoms with Gasteiger partial charge in [-0.2, -0.15) is 0 Å². The van der Waals surface area contributed by atoms with Gasteiger partial charge in [0, 0.05) is 19.0 Å². The number of benzene rings is 1. The summed E-state index contributed by atoms with van der Waals surface area (Å²) in [6, 6.07) is 5.79. The lowest BCUT2D eigenvalue weighted by molar-refractivity contribution is -0.137. The summed E-state index contributed by atoms with van der Waals surface area (Å²) < 4.78 is 10.6. The number of nitrogens with zero attached hydrogens (tertiary/aromatic N) is 1. The first-order chi connectivity index (χ1) is 10.6. The molecule has 1 N–H and O–H groups in total. The fourth-order valence-corrected chi connectivity index (χ4v) is 2.70. The van der Waals surface area contributed by atoms with E-state index in [1.807, 2.05) is 36.9 Å². The third-order valence-corrected chi connectivity index (χ3v) is 4.42. The quantitative estimate of drug-likeness (QED) is 0.836. The fourth-order valence-electron chi connectivity index (χ4n) is 2.70. The first-order valence-electron chi connectivity index (χ1n) is 7.81. The highest BCUT2D eigenvalue weighted by Gasteiger charge is 2.31. The van der Waals surface area contributed by atoms with Crippen LogP contribution < -0.4 is 14.8 Å². The number of carbonyl (C=O) groups excluding carboxylic acids is 1. The summed E-state index contributed by atoms with van der Waals surface area (Å²) in [4.78, 5) is 14.5. The van der Waals surface area contributed by atoms with E-state index in [0.717, 1.165) is 18.7 Å². The van der Waals surface area contributed by atoms with Gasteiger partial charge in [-0.1, -0.05) is 13.0 Å². The normalized spacial score (nSPS) is 15.8. The van der Waals surface area contributed by atoms with E-state index in [-0.39, 0.29) is 11.8 Å². The standard InChI is InChI=1S/C17H26N2O3/c1-5-19(17(20)12(2)14-9-18-10-14)11-13-6-7-15(21-3)16(8-13)22-4/h6-8,12,14,18H,5,9-11H2,1-4H3. The molecule has 1 unspecified atom stereocenters. The van der Waals surface area contributed by atoms with Crippen LogP contribution in [0.5, 0.6) is 11.5 Å². The average molecular weight is 306 g/mol. The summed E-state index contributed by atoms with van der Waals surface area (Å²) in [6.45, 7) is 7.25. The van der Waals surface area contributed by atoms with Gasteiger partial charge < -0.3 is 19.7 Å². The molecule has 5 nitrogen and oxygen atoms in total. The number of rotatable bonds is 7. The molecule has 122 valence electrons. The molecule has 1 saturated heterocycles. The van der Waals surface area contributed by atoms with Crippen LogP contribution in [0.1, 0.15) is 19.4 Å². The molecular formula is C17H26N2O3. The summed E-state index contributed by atoms with van der Waals surface area (Å²) >= 11 is 0. The lowest BCUT2D eigenvalue weighted by atomic mass is 9.88. The number of ether oxygens (including phenoxy) is 2. The smallest absolute Gasteiger partial charge is 0.226 e. The SMILES string of the molecule is CCN(Cc1ccc(OC)c(OC)c1)C(=O)C(C)C1CNC1. The number of hydrogen-bond acceptors (Lipinski definition) is 4. The van der Waals surface area contributed by atoms with E-state index in [9.17, 15) is 4.79 Å². The van der Waals surface area contributed by atoms with Gasteiger partial charge in [0.05, 0.1) is 14.2 Å². The maximum absolute atomic E-state index is 12.6. The minimum atomic E-state index is 0.0707. The van der Waals surface area contributed by atoms with Crippen LogP contribution in [0, 0.1) is 11.8 Å². The van der Waals surface area contributed by atoms with Crippen molar-refractivity contribution in [1.29, 1.82) is 0 Å². The summed E-state index contributed by atoms with van der Waals surface area (Å²) in [5.74, 6) is 2.16. The molecule has 1 aliphatic rings. The Morgan fingerprint density at radius 2 is 2.00 bits per heavy atom. The molecule has 1 fully saturated rings. The van der Waals surface area contributed by atoms with Crippen LogP contribution >= 0.6 is 0 Å². The van der Waals surface area contributed by atoms with Gasteiger partial charge in [-0.25, -0.2) is 0 Å². The molecule has 1 aliphatic heterocycles. The highest BCUT2D eigenvalue weighted by atomic mass is 16.5. The van der Waals surface area contributed by atoms with Crippen LogP contribution in [0.15, 0.2) is 18.2 Å². The topological polar surface area (TPSA) is 50.8 Å². The van der Waals surface area contributed by atoms with Crippen molar-refractivity contribution < 1.29 is 14.3 Å². The highest BCUT2D eigenvalue weighted by Crippen LogP contribution is 2.28. The Morgan fingerprint density at radius 3 is 2.50 bits per heavy atom. The van der Waals surface area contributed by atoms with Crippen molar-refractivity contribution in [3.8, 4) is 11.5 Å². The van der Waals surface area contributed by atoms with Crippen molar-refractivity contribution >= 4 is 5.91 Å². The van der Waals surface area contributed by atoms with Gasteiger partial charge in [0.15, 0.2) is 11.5 Å². The first kappa shape index (κ1) is 16.6. The molecule has 1 amide bonds. The summed E-state index contributed by atoms with van der Waals surface area (Å²) in [5.41, 5.74) is 1.05. The van der Waals surface area contributed by atoms with E-state index in [2.05, 4.69) is 5.32 Å². The highest BCUT2D eigenvalue weighted by molar-refractivity contribution is 5.79. The molecule has 0 saturated carbocycles. The van der Waals surface area contributed by atoms with Crippen molar-refractivity contribution in [2.75, 3.05) is 33.9 Å². The van der Waals surface area contributed by atoms with Gasteiger partial charge >= 0.3 is 0 Å². The van der Waals surface area contributed by atoms with Gasteiger partial charge in [-0.15, -0.1) is 0 Å². The largest absolute Gasteiger partial charge is 0.493 e. The van der Waals surface area contributed by atoms with Crippen LogP contribution in [-0.4, -0.2) is 44.7 Å². The zero-order chi connectivity index (χ0) is 16.1. The molecule has 1 heterocycles. The Morgan fingerprint density at radius 1 is 1.32 bits per heavy atom. The zero-order valence-electron chi connectivity index (χ0n) is 13.9. The van der Waals surface area contributed by atoms with Gasteiger partial charge in [-0.05, 0) is 43.6 Å². The minimum Gasteiger partial charge on any atom is -0.493 e. The molecule has 0 aliphatic carbocycles. The van der Waals surface area contributed by atoms with Crippen LogP contribution in [0.25, 0.3) is 0 Å². The molecule has 1 aromatic rings. The maximum Gasteiger partial charge on any atom is 0.226 e. The van der Waals surface area contributed by atoms with Gasteiger partial charge in [0.1, 0.15) is 0 Å². The van der Waals surface area contributed by atoms with Gasteiger partial charge in [0.2, 0.25) is 5.91 Å². The second-order valence-electron chi connectivity index (χ2n) is 5.75. The van der Waals surface area contributed by atoms with Crippen molar-refractivity contribution in [3.63, 3.8) is 0 Å². The number of nitrogens with one attached hydrogen (secondary N) is 1. The predicted octanol–water partition coefficient (Wildman–Crippen LogP) is 1.91. The zero-order valence-corrected chi connectivity index (χ0v) is 13.9. The Balaban J connectivity index is 2.07. The van der Waals surface area contributed by atoms with Crippen molar-refractivity contribution in [3.05, 3.63) is 23.8 Å². The second-order valence-corrected chi connectivity index (χ2v) is 5.75. The Kier molecular flexibility index (Phi) is 5.66. The van der Waals surface area contributed by atoms with E-state index in [4.69, 9.17) is 9.47 Å². The Labute approximate surface area is 132 Å². The molecular weight excluding hydrogens is 280 g/mol. The first-order valence-corrected chi connectivity index (χ1v) is 7.81. The van der Waals surface area contributed by atoms with Crippen molar-refractivity contribution in [2.24, 2.45) is 11.8 Å².